The van der Waals surface area contributed by atoms with Gasteiger partial charge in [-0.05, 0) is 0 Å². The van der Waals surface area contributed by atoms with Crippen molar-refractivity contribution in [1.82, 2.24) is 0 Å². The first kappa shape index (κ1) is 503. The molecule has 0 saturated carbocycles. The van der Waals surface area contributed by atoms with Gasteiger partial charge in [0.1, 0.15) is 0 Å². The van der Waals surface area contributed by atoms with Crippen LogP contribution in [-0.4, -0.2) is 21.9 Å². The molecule has 0 heterocycles. The molecule has 0 saturated heterocycles. The maximum absolute atomic E-state index is 0. The summed E-state index contributed by atoms with van der Waals surface area (Å²) < 4.78 is 0. The molecular weight excluding hydrogens is 155 g/mol. The van der Waals surface area contributed by atoms with E-state index in [1.807, 2.05) is 0 Å². The zero-order chi connectivity index (χ0) is 0. The van der Waals surface area contributed by atoms with E-state index in [2.05, 4.69) is 0 Å². The molecule has 46 valence electrons. The zero-order valence-electron chi connectivity index (χ0n) is 2.73. The van der Waals surface area contributed by atoms with Crippen molar-refractivity contribution in [3.05, 3.63) is 0 Å². The first-order chi connectivity index (χ1) is 0. The van der Waals surface area contributed by atoms with Crippen molar-refractivity contribution in [2.75, 3.05) is 0 Å². The average Bonchev–Trinajstić information content (AvgIpc) is 0. The molecule has 0 aliphatic rings. The second kappa shape index (κ2) is 290. The van der Waals surface area contributed by atoms with Gasteiger partial charge in [-0.15, -0.1) is 0 Å². The Morgan fingerprint density at radius 3 is 0.500 bits per heavy atom. The predicted octanol–water partition coefficient (Wildman–Crippen LogP) is -6.30. The molecule has 6 heavy (non-hydrogen) atoms. The van der Waals surface area contributed by atoms with E-state index >= 15 is 0 Å². The molecule has 0 spiro atoms. The third-order valence-electron chi connectivity index (χ3n) is 0. The van der Waals surface area contributed by atoms with Crippen LogP contribution in [0.15, 0.2) is 0 Å². The Hall–Kier alpha value is 0.649. The van der Waals surface area contributed by atoms with Crippen molar-refractivity contribution in [3.63, 3.8) is 0 Å². The van der Waals surface area contributed by atoms with Gasteiger partial charge < -0.3 is 34.3 Å². The number of hydrogen-bond donors (Lipinski definition) is 0. The number of halogens is 1. The minimum absolute atomic E-state index is 0. The fourth-order valence-electron chi connectivity index (χ4n) is 0. The molecule has 0 rings (SSSR count). The van der Waals surface area contributed by atoms with Gasteiger partial charge >= 0.3 is 17.1 Å². The van der Waals surface area contributed by atoms with Gasteiger partial charge in [-0.3, -0.25) is 0 Å². The van der Waals surface area contributed by atoms with Crippen molar-refractivity contribution < 1.29 is 51.4 Å². The minimum atomic E-state index is 0. The van der Waals surface area contributed by atoms with Crippen LogP contribution in [0.25, 0.3) is 0 Å². The second-order valence-corrected chi connectivity index (χ2v) is 0. The van der Waals surface area contributed by atoms with Gasteiger partial charge in [0, 0.05) is 0 Å². The fourth-order valence-corrected chi connectivity index (χ4v) is 0. The van der Waals surface area contributed by atoms with E-state index in [0.29, 0.717) is 0 Å². The second-order valence-electron chi connectivity index (χ2n) is 0. The van der Waals surface area contributed by atoms with Crippen molar-refractivity contribution in [2.45, 2.75) is 0 Å². The van der Waals surface area contributed by atoms with Gasteiger partial charge in [-0.25, -0.2) is 0 Å². The van der Waals surface area contributed by atoms with Crippen LogP contribution in [0.5, 0.6) is 0 Å². The van der Waals surface area contributed by atoms with Crippen LogP contribution in [0.1, 0.15) is 0 Å². The van der Waals surface area contributed by atoms with Crippen LogP contribution in [0, 0.1) is 0 Å². The van der Waals surface area contributed by atoms with E-state index < -0.39 is 0 Å². The monoisotopic (exact) mass is 163 g/mol. The molecule has 0 aliphatic carbocycles. The third-order valence-corrected chi connectivity index (χ3v) is 0. The normalized spacial score (nSPS) is 0. The smallest absolute Gasteiger partial charge is 1.00 e. The minimum Gasteiger partial charge on any atom is -1.00 e. The number of rotatable bonds is 0. The molecule has 6 heteroatoms. The van der Waals surface area contributed by atoms with Crippen molar-refractivity contribution in [1.29, 1.82) is 0 Å². The maximum Gasteiger partial charge on any atom is 2.00 e. The first-order valence-corrected chi connectivity index (χ1v) is 0. The first-order valence-electron chi connectivity index (χ1n) is 0. The third kappa shape index (κ3) is 147. The zero-order valence-corrected chi connectivity index (χ0v) is 4.59. The molecule has 0 aromatic carbocycles. The van der Waals surface area contributed by atoms with Crippen LogP contribution in [-0.2, 0) is 17.1 Å². The summed E-state index contributed by atoms with van der Waals surface area (Å²) >= 11 is 0. The summed E-state index contributed by atoms with van der Waals surface area (Å²) in [6, 6.07) is 0. The van der Waals surface area contributed by atoms with Gasteiger partial charge in [0.25, 0.3) is 0 Å². The average molecular weight is 163 g/mol. The van der Waals surface area contributed by atoms with Gasteiger partial charge in [-0.1, -0.05) is 0 Å². The van der Waals surface area contributed by atoms with Crippen molar-refractivity contribution >= 4 is 0 Å². The summed E-state index contributed by atoms with van der Waals surface area (Å²) in [5.74, 6) is 0. The Morgan fingerprint density at radius 1 is 0.500 bits per heavy atom. The summed E-state index contributed by atoms with van der Waals surface area (Å²) in [5.41, 5.74) is 0. The summed E-state index contributed by atoms with van der Waals surface area (Å²) in [6.45, 7) is 0. The van der Waals surface area contributed by atoms with E-state index in [9.17, 15) is 0 Å². The molecule has 0 radical (unpaired) electrons. The van der Waals surface area contributed by atoms with Gasteiger partial charge in [0.2, 0.25) is 0 Å². The molecule has 0 bridgehead atoms. The van der Waals surface area contributed by atoms with Crippen LogP contribution in [0.4, 0.5) is 0 Å². The molecule has 0 aromatic rings. The van der Waals surface area contributed by atoms with E-state index in [0.717, 1.165) is 0 Å². The summed E-state index contributed by atoms with van der Waals surface area (Å²) in [6.07, 6.45) is 0. The SMILES string of the molecule is O.O.O.O.[Cl-].[Fe+2]. The Morgan fingerprint density at radius 2 is 0.500 bits per heavy atom. The Bertz CT molecular complexity index is 7.51. The predicted molar refractivity (Wildman–Crippen MR) is 14.5 cm³/mol. The summed E-state index contributed by atoms with van der Waals surface area (Å²) in [4.78, 5) is 0. The van der Waals surface area contributed by atoms with Gasteiger partial charge in [-0.2, -0.15) is 0 Å². The van der Waals surface area contributed by atoms with E-state index in [-0.39, 0.29) is 51.4 Å². The topological polar surface area (TPSA) is 126 Å². The van der Waals surface area contributed by atoms with E-state index in [4.69, 9.17) is 0 Å². The maximum atomic E-state index is 0. The molecule has 0 aromatic heterocycles. The Balaban J connectivity index is 0. The molecule has 0 atom stereocenters. The molecule has 0 aliphatic heterocycles. The Kier molecular flexibility index (Phi) is 24300. The van der Waals surface area contributed by atoms with Crippen LogP contribution < -0.4 is 12.4 Å². The number of hydrogen-bond acceptors (Lipinski definition) is 0. The molecule has 0 amide bonds. The summed E-state index contributed by atoms with van der Waals surface area (Å²) in [7, 11) is 0. The van der Waals surface area contributed by atoms with Gasteiger partial charge in [0.15, 0.2) is 0 Å². The summed E-state index contributed by atoms with van der Waals surface area (Å²) in [5, 5.41) is 0. The standard InChI is InChI=1S/ClH.Fe.4H2O/h1H;;4*1H2/q;+2;;;;/p-1. The fraction of sp³-hybridized carbons (Fsp3) is 0. The van der Waals surface area contributed by atoms with Gasteiger partial charge in [0.05, 0.1) is 0 Å². The van der Waals surface area contributed by atoms with E-state index in [1.54, 1.807) is 0 Å². The van der Waals surface area contributed by atoms with E-state index in [1.165, 1.54) is 0 Å². The molecule has 0 unspecified atom stereocenters. The van der Waals surface area contributed by atoms with Crippen molar-refractivity contribution in [3.8, 4) is 0 Å². The largest absolute Gasteiger partial charge is 2.00 e. The Labute approximate surface area is 52.0 Å². The van der Waals surface area contributed by atoms with Crippen LogP contribution >= 0.6 is 0 Å². The van der Waals surface area contributed by atoms with Crippen molar-refractivity contribution in [2.24, 2.45) is 0 Å². The van der Waals surface area contributed by atoms with Crippen LogP contribution in [0.3, 0.4) is 0 Å². The molecule has 4 nitrogen and oxygen atoms in total. The molecule has 8 N–H and O–H groups in total. The molecule has 0 fully saturated rings. The van der Waals surface area contributed by atoms with Crippen LogP contribution in [0.2, 0.25) is 0 Å². The quantitative estimate of drug-likeness (QED) is 0.315. The molecular formula is H8ClFeO4+.